The highest BCUT2D eigenvalue weighted by atomic mass is 35.5. The largest absolute Gasteiger partial charge is 0.467 e. The van der Waals surface area contributed by atoms with Crippen molar-refractivity contribution in [3.05, 3.63) is 87.3 Å². The molecule has 0 aliphatic rings. The Hall–Kier alpha value is -4.79. The molecule has 12 heteroatoms. The van der Waals surface area contributed by atoms with Crippen molar-refractivity contribution >= 4 is 29.0 Å². The van der Waals surface area contributed by atoms with E-state index in [0.717, 1.165) is 0 Å². The summed E-state index contributed by atoms with van der Waals surface area (Å²) in [5.74, 6) is -0.547. The number of hydrogen-bond donors (Lipinski definition) is 1. The highest BCUT2D eigenvalue weighted by molar-refractivity contribution is 6.30. The summed E-state index contributed by atoms with van der Waals surface area (Å²) in [4.78, 5) is 28.0. The number of nitrogens with one attached hydrogen (secondary N) is 1. The second kappa shape index (κ2) is 10.6. The predicted molar refractivity (Wildman–Crippen MR) is 128 cm³/mol. The summed E-state index contributed by atoms with van der Waals surface area (Å²) in [6.07, 6.45) is 1.30. The monoisotopic (exact) mass is 505 g/mol. The molecule has 0 bridgehead atoms. The van der Waals surface area contributed by atoms with E-state index in [9.17, 15) is 20.2 Å². The highest BCUT2D eigenvalue weighted by Gasteiger charge is 2.21. The van der Waals surface area contributed by atoms with E-state index in [0.29, 0.717) is 33.2 Å². The third kappa shape index (κ3) is 5.15. The topological polar surface area (TPSA) is 153 Å². The number of rotatable bonds is 8. The fraction of sp³-hybridized carbons (Fsp3) is 0.0833. The van der Waals surface area contributed by atoms with Crippen LogP contribution in [0.5, 0.6) is 5.75 Å². The summed E-state index contributed by atoms with van der Waals surface area (Å²) in [5.41, 5.74) is 1.26. The SMILES string of the molecule is COCOc1cc(Cl)ccc1-c1cc(-c2cccc([N+](=O)[O-])c2)c(C#N)c(NC(=O)c2ccno2)n1. The molecular formula is C24H16ClN5O6. The van der Waals surface area contributed by atoms with Gasteiger partial charge >= 0.3 is 0 Å². The summed E-state index contributed by atoms with van der Waals surface area (Å²) in [6, 6.07) is 15.6. The van der Waals surface area contributed by atoms with Gasteiger partial charge in [-0.05, 0) is 29.8 Å². The molecule has 0 fully saturated rings. The third-order valence-corrected chi connectivity index (χ3v) is 5.18. The van der Waals surface area contributed by atoms with Gasteiger partial charge in [-0.25, -0.2) is 4.98 Å². The lowest BCUT2D eigenvalue weighted by molar-refractivity contribution is -0.384. The van der Waals surface area contributed by atoms with Crippen molar-refractivity contribution in [2.75, 3.05) is 19.2 Å². The first-order chi connectivity index (χ1) is 17.4. The Morgan fingerprint density at radius 1 is 1.22 bits per heavy atom. The van der Waals surface area contributed by atoms with Crippen molar-refractivity contribution in [2.45, 2.75) is 0 Å². The second-order valence-electron chi connectivity index (χ2n) is 7.22. The molecule has 0 saturated carbocycles. The van der Waals surface area contributed by atoms with Crippen LogP contribution in [0.15, 0.2) is 65.3 Å². The Balaban J connectivity index is 1.94. The molecular weight excluding hydrogens is 490 g/mol. The summed E-state index contributed by atoms with van der Waals surface area (Å²) in [5, 5.41) is 27.8. The van der Waals surface area contributed by atoms with E-state index in [1.165, 1.54) is 37.6 Å². The molecule has 2 aromatic heterocycles. The molecule has 1 N–H and O–H groups in total. The average molecular weight is 506 g/mol. The van der Waals surface area contributed by atoms with Crippen LogP contribution in [0.1, 0.15) is 16.1 Å². The molecule has 0 aliphatic carbocycles. The number of aromatic nitrogens is 2. The summed E-state index contributed by atoms with van der Waals surface area (Å²) in [6.45, 7) is -0.0730. The summed E-state index contributed by atoms with van der Waals surface area (Å²) in [7, 11) is 1.46. The Labute approximate surface area is 209 Å². The molecule has 0 spiro atoms. The minimum absolute atomic E-state index is 0.0135. The van der Waals surface area contributed by atoms with Gasteiger partial charge in [0.1, 0.15) is 17.4 Å². The van der Waals surface area contributed by atoms with Crippen molar-refractivity contribution in [1.82, 2.24) is 10.1 Å². The number of ether oxygens (including phenoxy) is 2. The highest BCUT2D eigenvalue weighted by Crippen LogP contribution is 2.38. The number of nitro groups is 1. The smallest absolute Gasteiger partial charge is 0.295 e. The maximum atomic E-state index is 12.7. The molecule has 0 atom stereocenters. The van der Waals surface area contributed by atoms with Gasteiger partial charge in [-0.3, -0.25) is 14.9 Å². The molecule has 2 heterocycles. The predicted octanol–water partition coefficient (Wildman–Crippen LogP) is 5.07. The first-order valence-electron chi connectivity index (χ1n) is 10.2. The van der Waals surface area contributed by atoms with Crippen LogP contribution >= 0.6 is 11.6 Å². The zero-order valence-electron chi connectivity index (χ0n) is 18.6. The number of benzene rings is 2. The van der Waals surface area contributed by atoms with Crippen molar-refractivity contribution < 1.29 is 23.7 Å². The molecule has 4 rings (SSSR count). The first kappa shape index (κ1) is 24.3. The van der Waals surface area contributed by atoms with Crippen molar-refractivity contribution in [1.29, 1.82) is 5.26 Å². The number of halogens is 1. The number of non-ortho nitro benzene ring substituents is 1. The van der Waals surface area contributed by atoms with Crippen LogP contribution in [0.3, 0.4) is 0 Å². The Kier molecular flexibility index (Phi) is 7.20. The number of amides is 1. The van der Waals surface area contributed by atoms with Gasteiger partial charge in [0, 0.05) is 41.5 Å². The Morgan fingerprint density at radius 2 is 2.06 bits per heavy atom. The normalized spacial score (nSPS) is 10.5. The van der Waals surface area contributed by atoms with Gasteiger partial charge < -0.3 is 19.3 Å². The van der Waals surface area contributed by atoms with Gasteiger partial charge in [0.25, 0.3) is 11.6 Å². The fourth-order valence-electron chi connectivity index (χ4n) is 3.35. The quantitative estimate of drug-likeness (QED) is 0.196. The van der Waals surface area contributed by atoms with Crippen LogP contribution in [0.2, 0.25) is 5.02 Å². The number of pyridine rings is 1. The molecule has 0 radical (unpaired) electrons. The van der Waals surface area contributed by atoms with Gasteiger partial charge in [-0.15, -0.1) is 0 Å². The number of nitrogens with zero attached hydrogens (tertiary/aromatic N) is 4. The summed E-state index contributed by atoms with van der Waals surface area (Å²) < 4.78 is 15.5. The zero-order valence-corrected chi connectivity index (χ0v) is 19.4. The van der Waals surface area contributed by atoms with Gasteiger partial charge in [-0.1, -0.05) is 28.9 Å². The molecule has 1 amide bonds. The van der Waals surface area contributed by atoms with E-state index in [2.05, 4.69) is 15.5 Å². The fourth-order valence-corrected chi connectivity index (χ4v) is 3.52. The maximum absolute atomic E-state index is 12.7. The van der Waals surface area contributed by atoms with Crippen molar-refractivity contribution in [3.63, 3.8) is 0 Å². The Morgan fingerprint density at radius 3 is 2.75 bits per heavy atom. The zero-order chi connectivity index (χ0) is 25.7. The van der Waals surface area contributed by atoms with E-state index in [1.54, 1.807) is 30.3 Å². The van der Waals surface area contributed by atoms with Gasteiger partial charge in [0.2, 0.25) is 5.76 Å². The molecule has 2 aromatic carbocycles. The van der Waals surface area contributed by atoms with Gasteiger partial charge in [0.05, 0.1) is 16.8 Å². The number of carbonyl (C=O) groups excluding carboxylic acids is 1. The number of hydrogen-bond acceptors (Lipinski definition) is 9. The minimum atomic E-state index is -0.689. The first-order valence-corrected chi connectivity index (χ1v) is 10.6. The Bertz CT molecular complexity index is 1480. The third-order valence-electron chi connectivity index (χ3n) is 4.94. The molecule has 0 unspecified atom stereocenters. The van der Waals surface area contributed by atoms with Crippen LogP contribution in [0.4, 0.5) is 11.5 Å². The van der Waals surface area contributed by atoms with Gasteiger partial charge in [-0.2, -0.15) is 5.26 Å². The molecule has 4 aromatic rings. The molecule has 0 aliphatic heterocycles. The molecule has 180 valence electrons. The van der Waals surface area contributed by atoms with Crippen LogP contribution in [-0.4, -0.2) is 34.9 Å². The second-order valence-corrected chi connectivity index (χ2v) is 7.66. The van der Waals surface area contributed by atoms with E-state index in [-0.39, 0.29) is 29.6 Å². The summed E-state index contributed by atoms with van der Waals surface area (Å²) >= 11 is 6.14. The van der Waals surface area contributed by atoms with Crippen LogP contribution < -0.4 is 10.1 Å². The molecule has 11 nitrogen and oxygen atoms in total. The van der Waals surface area contributed by atoms with Crippen molar-refractivity contribution in [3.8, 4) is 34.2 Å². The van der Waals surface area contributed by atoms with E-state index in [4.69, 9.17) is 25.6 Å². The standard InChI is InChI=1S/C24H16ClN5O6/c1-34-13-35-22-10-15(25)5-6-17(22)20-11-18(14-3-2-4-16(9-14)30(32)33)19(12-26)23(28-20)29-24(31)21-7-8-27-36-21/h2-11H,13H2,1H3,(H,28,29,31). The number of nitriles is 1. The number of anilines is 1. The van der Waals surface area contributed by atoms with Crippen LogP contribution in [0.25, 0.3) is 22.4 Å². The molecule has 0 saturated heterocycles. The van der Waals surface area contributed by atoms with Gasteiger partial charge in [0.15, 0.2) is 12.6 Å². The number of methoxy groups -OCH3 is 1. The lowest BCUT2D eigenvalue weighted by Crippen LogP contribution is -2.14. The van der Waals surface area contributed by atoms with E-state index < -0.39 is 10.8 Å². The molecule has 36 heavy (non-hydrogen) atoms. The van der Waals surface area contributed by atoms with Crippen molar-refractivity contribution in [2.24, 2.45) is 0 Å². The number of carbonyl (C=O) groups is 1. The van der Waals surface area contributed by atoms with Crippen LogP contribution in [0, 0.1) is 21.4 Å². The maximum Gasteiger partial charge on any atom is 0.295 e. The van der Waals surface area contributed by atoms with E-state index in [1.807, 2.05) is 6.07 Å². The van der Waals surface area contributed by atoms with Crippen LogP contribution in [-0.2, 0) is 4.74 Å². The minimum Gasteiger partial charge on any atom is -0.467 e. The number of nitro benzene ring substituents is 1. The van der Waals surface area contributed by atoms with E-state index >= 15 is 0 Å². The average Bonchev–Trinajstić information content (AvgIpc) is 3.42. The lowest BCUT2D eigenvalue weighted by atomic mass is 9.97. The lowest BCUT2D eigenvalue weighted by Gasteiger charge is -2.15.